The minimum absolute atomic E-state index is 0.0790. The second-order valence-electron chi connectivity index (χ2n) is 24.5. The first-order valence-electron chi connectivity index (χ1n) is 36.3. The summed E-state index contributed by atoms with van der Waals surface area (Å²) in [5, 5.41) is 0. The molecule has 0 radical (unpaired) electrons. The predicted molar refractivity (Wildman–Crippen MR) is 358 cm³/mol. The Hall–Kier alpha value is -2.89. The molecule has 0 fully saturated rings. The molecule has 1 unspecified atom stereocenters. The van der Waals surface area contributed by atoms with Crippen molar-refractivity contribution in [1.82, 2.24) is 0 Å². The van der Waals surface area contributed by atoms with Crippen molar-refractivity contribution >= 4 is 17.9 Å². The Kier molecular flexibility index (Phi) is 68.1. The topological polar surface area (TPSA) is 78.9 Å². The Labute approximate surface area is 510 Å². The van der Waals surface area contributed by atoms with Crippen LogP contribution in [0.1, 0.15) is 387 Å². The van der Waals surface area contributed by atoms with Gasteiger partial charge in [-0.15, -0.1) is 0 Å². The molecule has 0 aliphatic carbocycles. The molecule has 0 amide bonds. The zero-order valence-electron chi connectivity index (χ0n) is 55.0. The number of hydrogen-bond donors (Lipinski definition) is 0. The van der Waals surface area contributed by atoms with Crippen LogP contribution in [0, 0.1) is 0 Å². The summed E-state index contributed by atoms with van der Waals surface area (Å²) >= 11 is 0. The Bertz CT molecular complexity index is 1460. The Morgan fingerprint density at radius 2 is 0.439 bits per heavy atom. The summed E-state index contributed by atoms with van der Waals surface area (Å²) in [7, 11) is 0. The Balaban J connectivity index is 4.18. The van der Waals surface area contributed by atoms with Gasteiger partial charge in [0.2, 0.25) is 0 Å². The second kappa shape index (κ2) is 70.6. The highest BCUT2D eigenvalue weighted by Gasteiger charge is 2.19. The fraction of sp³-hybridized carbons (Fsp3) is 0.829. The minimum Gasteiger partial charge on any atom is -0.462 e. The number of ether oxygens (including phenoxy) is 3. The zero-order chi connectivity index (χ0) is 59.2. The molecule has 0 aromatic rings. The van der Waals surface area contributed by atoms with E-state index in [0.29, 0.717) is 19.3 Å². The average Bonchev–Trinajstić information content (AvgIpc) is 3.47. The third kappa shape index (κ3) is 67.9. The van der Waals surface area contributed by atoms with Gasteiger partial charge in [-0.05, 0) is 109 Å². The quantitative estimate of drug-likeness (QED) is 0.0261. The third-order valence-electron chi connectivity index (χ3n) is 16.2. The molecular weight excluding hydrogens is 1010 g/mol. The Morgan fingerprint density at radius 3 is 0.720 bits per heavy atom. The van der Waals surface area contributed by atoms with Crippen molar-refractivity contribution in [2.75, 3.05) is 13.2 Å². The molecule has 0 heterocycles. The van der Waals surface area contributed by atoms with Gasteiger partial charge in [-0.2, -0.15) is 0 Å². The van der Waals surface area contributed by atoms with E-state index >= 15 is 0 Å². The van der Waals surface area contributed by atoms with Gasteiger partial charge >= 0.3 is 17.9 Å². The standard InChI is InChI=1S/C76H138O6/c1-4-7-10-13-16-19-22-25-27-29-31-33-34-35-36-37-38-39-40-41-42-44-45-47-49-51-54-57-60-63-66-69-75(78)81-72-73(71-80-74(77)68-65-62-59-56-53-24-21-18-15-12-9-6-3)82-76(79)70-67-64-61-58-55-52-50-48-46-43-32-30-28-26-23-20-17-14-11-8-5-2/h18,21,23,26,29-32,46,48,73H,4-17,19-20,22,24-25,27-28,33-45,47,49-72H2,1-3H3/b21-18-,26-23-,31-29-,32-30-,48-46-. The van der Waals surface area contributed by atoms with Crippen LogP contribution in [-0.2, 0) is 28.6 Å². The van der Waals surface area contributed by atoms with Gasteiger partial charge in [0, 0.05) is 19.3 Å². The van der Waals surface area contributed by atoms with Crippen molar-refractivity contribution in [3.05, 3.63) is 60.8 Å². The van der Waals surface area contributed by atoms with Gasteiger partial charge in [0.05, 0.1) is 0 Å². The maximum absolute atomic E-state index is 12.9. The molecule has 6 nitrogen and oxygen atoms in total. The molecule has 0 aliphatic rings. The lowest BCUT2D eigenvalue weighted by molar-refractivity contribution is -0.167. The highest BCUT2D eigenvalue weighted by atomic mass is 16.6. The van der Waals surface area contributed by atoms with Crippen LogP contribution in [0.5, 0.6) is 0 Å². The van der Waals surface area contributed by atoms with E-state index in [1.165, 1.54) is 257 Å². The van der Waals surface area contributed by atoms with E-state index in [9.17, 15) is 14.4 Å². The molecule has 478 valence electrons. The van der Waals surface area contributed by atoms with Crippen LogP contribution in [0.25, 0.3) is 0 Å². The summed E-state index contributed by atoms with van der Waals surface area (Å²) in [5.41, 5.74) is 0. The predicted octanol–water partition coefficient (Wildman–Crippen LogP) is 25.1. The zero-order valence-corrected chi connectivity index (χ0v) is 55.0. The molecule has 0 rings (SSSR count). The van der Waals surface area contributed by atoms with Crippen LogP contribution in [-0.4, -0.2) is 37.2 Å². The number of unbranched alkanes of at least 4 members (excludes halogenated alkanes) is 46. The molecule has 0 aromatic carbocycles. The van der Waals surface area contributed by atoms with Gasteiger partial charge in [-0.25, -0.2) is 0 Å². The smallest absolute Gasteiger partial charge is 0.306 e. The Morgan fingerprint density at radius 1 is 0.244 bits per heavy atom. The van der Waals surface area contributed by atoms with Gasteiger partial charge in [0.1, 0.15) is 13.2 Å². The summed E-state index contributed by atoms with van der Waals surface area (Å²) in [6.07, 6.45) is 91.2. The van der Waals surface area contributed by atoms with Crippen LogP contribution in [0.3, 0.4) is 0 Å². The summed E-state index contributed by atoms with van der Waals surface area (Å²) in [4.78, 5) is 38.4. The summed E-state index contributed by atoms with van der Waals surface area (Å²) in [6, 6.07) is 0. The fourth-order valence-electron chi connectivity index (χ4n) is 10.7. The van der Waals surface area contributed by atoms with Crippen LogP contribution in [0.2, 0.25) is 0 Å². The first-order chi connectivity index (χ1) is 40.5. The van der Waals surface area contributed by atoms with Crippen molar-refractivity contribution in [3.63, 3.8) is 0 Å². The molecule has 0 aromatic heterocycles. The number of hydrogen-bond acceptors (Lipinski definition) is 6. The van der Waals surface area contributed by atoms with Crippen molar-refractivity contribution in [2.45, 2.75) is 393 Å². The number of rotatable bonds is 67. The van der Waals surface area contributed by atoms with Crippen LogP contribution < -0.4 is 0 Å². The summed E-state index contributed by atoms with van der Waals surface area (Å²) in [5.74, 6) is -0.880. The molecule has 0 saturated heterocycles. The van der Waals surface area contributed by atoms with Gasteiger partial charge in [0.15, 0.2) is 6.10 Å². The lowest BCUT2D eigenvalue weighted by Crippen LogP contribution is -2.30. The second-order valence-corrected chi connectivity index (χ2v) is 24.5. The van der Waals surface area contributed by atoms with E-state index in [4.69, 9.17) is 14.2 Å². The molecule has 0 saturated carbocycles. The molecule has 0 bridgehead atoms. The van der Waals surface area contributed by atoms with Gasteiger partial charge in [-0.3, -0.25) is 14.4 Å². The molecule has 0 N–H and O–H groups in total. The lowest BCUT2D eigenvalue weighted by Gasteiger charge is -2.18. The van der Waals surface area contributed by atoms with Gasteiger partial charge < -0.3 is 14.2 Å². The van der Waals surface area contributed by atoms with E-state index in [2.05, 4.69) is 81.5 Å². The molecule has 82 heavy (non-hydrogen) atoms. The highest BCUT2D eigenvalue weighted by Crippen LogP contribution is 2.18. The number of carbonyl (C=O) groups excluding carboxylic acids is 3. The van der Waals surface area contributed by atoms with Crippen LogP contribution >= 0.6 is 0 Å². The van der Waals surface area contributed by atoms with E-state index in [1.807, 2.05) is 0 Å². The summed E-state index contributed by atoms with van der Waals surface area (Å²) < 4.78 is 17.0. The maximum Gasteiger partial charge on any atom is 0.306 e. The monoisotopic (exact) mass is 1150 g/mol. The van der Waals surface area contributed by atoms with E-state index < -0.39 is 6.10 Å². The average molecular weight is 1150 g/mol. The normalized spacial score (nSPS) is 12.4. The van der Waals surface area contributed by atoms with E-state index in [0.717, 1.165) is 89.9 Å². The van der Waals surface area contributed by atoms with Gasteiger partial charge in [0.25, 0.3) is 0 Å². The fourth-order valence-corrected chi connectivity index (χ4v) is 10.7. The van der Waals surface area contributed by atoms with Crippen molar-refractivity contribution in [2.24, 2.45) is 0 Å². The van der Waals surface area contributed by atoms with Crippen LogP contribution in [0.4, 0.5) is 0 Å². The maximum atomic E-state index is 12.9. The SMILES string of the molecule is CCCCC/C=C\CCCCCCCC(=O)OCC(COC(=O)CCCCCCCCCCCCCCCCCCCCC/C=C\CCCCCCCCCC)OC(=O)CCCCCCCC/C=C\C/C=C\C/C=C\CCCCCCC. The van der Waals surface area contributed by atoms with Gasteiger partial charge in [-0.1, -0.05) is 319 Å². The van der Waals surface area contributed by atoms with E-state index in [-0.39, 0.29) is 31.1 Å². The molecule has 0 aliphatic heterocycles. The molecule has 6 heteroatoms. The summed E-state index contributed by atoms with van der Waals surface area (Å²) in [6.45, 7) is 6.64. The van der Waals surface area contributed by atoms with Crippen LogP contribution in [0.15, 0.2) is 60.8 Å². The third-order valence-corrected chi connectivity index (χ3v) is 16.2. The molecule has 0 spiro atoms. The highest BCUT2D eigenvalue weighted by molar-refractivity contribution is 5.71. The number of carbonyl (C=O) groups is 3. The van der Waals surface area contributed by atoms with Crippen molar-refractivity contribution in [3.8, 4) is 0 Å². The first-order valence-corrected chi connectivity index (χ1v) is 36.3. The molecule has 1 atom stereocenters. The largest absolute Gasteiger partial charge is 0.462 e. The number of allylic oxidation sites excluding steroid dienone is 10. The van der Waals surface area contributed by atoms with Crippen molar-refractivity contribution < 1.29 is 28.6 Å². The molecular formula is C76H138O6. The first kappa shape index (κ1) is 79.1. The lowest BCUT2D eigenvalue weighted by atomic mass is 10.0. The van der Waals surface area contributed by atoms with E-state index in [1.54, 1.807) is 0 Å². The minimum atomic E-state index is -0.785. The number of esters is 3. The van der Waals surface area contributed by atoms with Crippen molar-refractivity contribution in [1.29, 1.82) is 0 Å².